The van der Waals surface area contributed by atoms with Crippen LogP contribution in [-0.4, -0.2) is 33.2 Å². The first-order valence-corrected chi connectivity index (χ1v) is 8.87. The average Bonchev–Trinajstić information content (AvgIpc) is 3.26. The van der Waals surface area contributed by atoms with E-state index in [9.17, 15) is 5.11 Å². The van der Waals surface area contributed by atoms with Gasteiger partial charge in [-0.05, 0) is 30.5 Å². The van der Waals surface area contributed by atoms with E-state index in [0.29, 0.717) is 24.8 Å². The van der Waals surface area contributed by atoms with Crippen LogP contribution in [0.3, 0.4) is 0 Å². The molecular formula is C18H21N3O2S. The number of likely N-dealkylation sites (N-methyl/N-ethyl adjacent to an activating group) is 1. The number of rotatable bonds is 7. The van der Waals surface area contributed by atoms with E-state index in [-0.39, 0.29) is 0 Å². The monoisotopic (exact) mass is 343 g/mol. The molecule has 3 rings (SSSR count). The quantitative estimate of drug-likeness (QED) is 0.709. The Kier molecular flexibility index (Phi) is 5.40. The molecule has 3 aromatic rings. The summed E-state index contributed by atoms with van der Waals surface area (Å²) in [6.07, 6.45) is -0.537. The molecule has 0 radical (unpaired) electrons. The van der Waals surface area contributed by atoms with Crippen LogP contribution in [0.15, 0.2) is 46.3 Å². The molecule has 2 heterocycles. The molecule has 0 bridgehead atoms. The number of aromatic nitrogens is 2. The van der Waals surface area contributed by atoms with Crippen molar-refractivity contribution in [3.8, 4) is 10.7 Å². The lowest BCUT2D eigenvalue weighted by Crippen LogP contribution is -2.28. The predicted molar refractivity (Wildman–Crippen MR) is 94.7 cm³/mol. The van der Waals surface area contributed by atoms with Gasteiger partial charge in [0.15, 0.2) is 0 Å². The molecule has 0 fully saturated rings. The normalized spacial score (nSPS) is 12.7. The van der Waals surface area contributed by atoms with E-state index < -0.39 is 6.10 Å². The van der Waals surface area contributed by atoms with Crippen LogP contribution in [0.25, 0.3) is 10.7 Å². The minimum Gasteiger partial charge on any atom is -0.387 e. The van der Waals surface area contributed by atoms with Gasteiger partial charge in [0.05, 0.1) is 17.5 Å². The van der Waals surface area contributed by atoms with Crippen LogP contribution in [0.1, 0.15) is 30.0 Å². The van der Waals surface area contributed by atoms with Gasteiger partial charge < -0.3 is 9.63 Å². The second-order valence-electron chi connectivity index (χ2n) is 5.74. The van der Waals surface area contributed by atoms with Crippen molar-refractivity contribution in [3.63, 3.8) is 0 Å². The highest BCUT2D eigenvalue weighted by Crippen LogP contribution is 2.22. The van der Waals surface area contributed by atoms with E-state index in [2.05, 4.69) is 22.0 Å². The molecule has 0 amide bonds. The summed E-state index contributed by atoms with van der Waals surface area (Å²) in [5.41, 5.74) is 2.11. The van der Waals surface area contributed by atoms with Gasteiger partial charge in [0, 0.05) is 6.54 Å². The van der Waals surface area contributed by atoms with E-state index >= 15 is 0 Å². The summed E-state index contributed by atoms with van der Waals surface area (Å²) in [6, 6.07) is 11.9. The highest BCUT2D eigenvalue weighted by molar-refractivity contribution is 7.13. The maximum Gasteiger partial charge on any atom is 0.241 e. The van der Waals surface area contributed by atoms with Crippen molar-refractivity contribution in [1.82, 2.24) is 15.0 Å². The molecular weight excluding hydrogens is 322 g/mol. The molecule has 0 saturated carbocycles. The third-order valence-electron chi connectivity index (χ3n) is 3.91. The van der Waals surface area contributed by atoms with E-state index in [4.69, 9.17) is 4.52 Å². The molecule has 0 aliphatic rings. The Morgan fingerprint density at radius 2 is 2.04 bits per heavy atom. The van der Waals surface area contributed by atoms with Gasteiger partial charge in [-0.3, -0.25) is 4.90 Å². The molecule has 1 N–H and O–H groups in total. The molecule has 5 nitrogen and oxygen atoms in total. The second-order valence-corrected chi connectivity index (χ2v) is 6.69. The van der Waals surface area contributed by atoms with Gasteiger partial charge >= 0.3 is 0 Å². The van der Waals surface area contributed by atoms with Gasteiger partial charge in [0.25, 0.3) is 0 Å². The zero-order valence-electron chi connectivity index (χ0n) is 13.8. The Morgan fingerprint density at radius 1 is 1.25 bits per heavy atom. The van der Waals surface area contributed by atoms with Crippen molar-refractivity contribution in [2.75, 3.05) is 13.1 Å². The first-order chi connectivity index (χ1) is 11.7. The van der Waals surface area contributed by atoms with Crippen molar-refractivity contribution in [2.24, 2.45) is 0 Å². The van der Waals surface area contributed by atoms with Crippen LogP contribution in [0.4, 0.5) is 0 Å². The largest absolute Gasteiger partial charge is 0.387 e. The molecule has 24 heavy (non-hydrogen) atoms. The smallest absolute Gasteiger partial charge is 0.241 e. The summed E-state index contributed by atoms with van der Waals surface area (Å²) < 4.78 is 5.35. The zero-order chi connectivity index (χ0) is 16.9. The lowest BCUT2D eigenvalue weighted by atomic mass is 10.1. The molecule has 0 saturated heterocycles. The maximum atomic E-state index is 10.4. The Morgan fingerprint density at radius 3 is 2.71 bits per heavy atom. The lowest BCUT2D eigenvalue weighted by Gasteiger charge is -2.22. The molecule has 0 spiro atoms. The number of nitrogens with zero attached hydrogens (tertiary/aromatic N) is 3. The van der Waals surface area contributed by atoms with Gasteiger partial charge in [0.2, 0.25) is 11.7 Å². The van der Waals surface area contributed by atoms with E-state index in [1.165, 1.54) is 5.56 Å². The van der Waals surface area contributed by atoms with Crippen LogP contribution in [0, 0.1) is 6.92 Å². The summed E-state index contributed by atoms with van der Waals surface area (Å²) in [5, 5.41) is 16.5. The Bertz CT molecular complexity index is 753. The lowest BCUT2D eigenvalue weighted by molar-refractivity contribution is 0.105. The molecule has 0 aliphatic heterocycles. The van der Waals surface area contributed by atoms with E-state index in [1.807, 2.05) is 48.7 Å². The number of thiophene rings is 1. The topological polar surface area (TPSA) is 62.4 Å². The zero-order valence-corrected chi connectivity index (χ0v) is 14.7. The van der Waals surface area contributed by atoms with Crippen molar-refractivity contribution >= 4 is 11.3 Å². The Hall–Kier alpha value is -2.02. The molecule has 1 aromatic carbocycles. The number of aryl methyl sites for hydroxylation is 1. The van der Waals surface area contributed by atoms with E-state index in [0.717, 1.165) is 17.0 Å². The van der Waals surface area contributed by atoms with Gasteiger partial charge in [-0.2, -0.15) is 4.98 Å². The summed E-state index contributed by atoms with van der Waals surface area (Å²) in [4.78, 5) is 7.53. The first kappa shape index (κ1) is 16.8. The maximum absolute atomic E-state index is 10.4. The molecule has 2 aromatic heterocycles. The van der Waals surface area contributed by atoms with Crippen LogP contribution >= 0.6 is 11.3 Å². The summed E-state index contributed by atoms with van der Waals surface area (Å²) >= 11 is 1.58. The van der Waals surface area contributed by atoms with Crippen molar-refractivity contribution in [1.29, 1.82) is 0 Å². The van der Waals surface area contributed by atoms with Crippen molar-refractivity contribution < 1.29 is 9.63 Å². The molecule has 6 heteroatoms. The highest BCUT2D eigenvalue weighted by Gasteiger charge is 2.16. The third kappa shape index (κ3) is 4.08. The Balaban J connectivity index is 1.63. The van der Waals surface area contributed by atoms with Crippen LogP contribution in [0.5, 0.6) is 0 Å². The van der Waals surface area contributed by atoms with Gasteiger partial charge in [-0.15, -0.1) is 11.3 Å². The summed E-state index contributed by atoms with van der Waals surface area (Å²) in [6.45, 7) is 5.93. The van der Waals surface area contributed by atoms with E-state index in [1.54, 1.807) is 11.3 Å². The second kappa shape index (κ2) is 7.70. The van der Waals surface area contributed by atoms with Crippen LogP contribution < -0.4 is 0 Å². The molecule has 1 unspecified atom stereocenters. The summed E-state index contributed by atoms with van der Waals surface area (Å²) in [5.74, 6) is 1.19. The number of benzene rings is 1. The molecule has 1 atom stereocenters. The van der Waals surface area contributed by atoms with Crippen LogP contribution in [-0.2, 0) is 6.54 Å². The number of hydrogen-bond acceptors (Lipinski definition) is 6. The van der Waals surface area contributed by atoms with Gasteiger partial charge in [-0.25, -0.2) is 0 Å². The molecule has 126 valence electrons. The molecule has 0 aliphatic carbocycles. The van der Waals surface area contributed by atoms with Gasteiger partial charge in [-0.1, -0.05) is 48.0 Å². The van der Waals surface area contributed by atoms with Crippen LogP contribution in [0.2, 0.25) is 0 Å². The number of aliphatic hydroxyl groups is 1. The average molecular weight is 343 g/mol. The fourth-order valence-corrected chi connectivity index (χ4v) is 3.11. The predicted octanol–water partition coefficient (Wildman–Crippen LogP) is 3.66. The van der Waals surface area contributed by atoms with Crippen molar-refractivity contribution in [3.05, 3.63) is 58.8 Å². The Labute approximate surface area is 145 Å². The van der Waals surface area contributed by atoms with Gasteiger partial charge in [0.1, 0.15) is 0 Å². The third-order valence-corrected chi connectivity index (χ3v) is 4.77. The van der Waals surface area contributed by atoms with Crippen molar-refractivity contribution in [2.45, 2.75) is 26.5 Å². The fraction of sp³-hybridized carbons (Fsp3) is 0.333. The standard InChI is InChI=1S/C18H21N3O2S/c1-3-21(11-15(22)14-8-6-13(2)7-9-14)12-17-19-18(20-23-17)16-5-4-10-24-16/h4-10,15,22H,3,11-12H2,1-2H3. The fourth-order valence-electron chi connectivity index (χ4n) is 2.46. The number of hydrogen-bond donors (Lipinski definition) is 1. The SMILES string of the molecule is CCN(Cc1nc(-c2cccs2)no1)CC(O)c1ccc(C)cc1. The minimum absolute atomic E-state index is 0.524. The summed E-state index contributed by atoms with van der Waals surface area (Å²) in [7, 11) is 0. The number of aliphatic hydroxyl groups excluding tert-OH is 1. The first-order valence-electron chi connectivity index (χ1n) is 7.99. The minimum atomic E-state index is -0.537. The highest BCUT2D eigenvalue weighted by atomic mass is 32.1.